The van der Waals surface area contributed by atoms with E-state index in [0.717, 1.165) is 40.7 Å². The molecule has 0 aromatic heterocycles. The SMILES string of the molecule is Cc1cc2c(cc1C)C(C)(C)CC2=C(C#N)C(=O)C(C)(C)C.Cc1ccc2c(c1)C(=C(C#N)C(=O)C(C)(C)C)CC2(C)C. The van der Waals surface area contributed by atoms with Gasteiger partial charge in [0.15, 0.2) is 11.6 Å². The Morgan fingerprint density at radius 3 is 1.47 bits per heavy atom. The van der Waals surface area contributed by atoms with E-state index in [1.807, 2.05) is 48.5 Å². The fraction of sp³-hybridized carbons (Fsp3) is 0.487. The first-order chi connectivity index (χ1) is 19.6. The zero-order chi connectivity index (χ0) is 32.9. The summed E-state index contributed by atoms with van der Waals surface area (Å²) < 4.78 is 0. The molecule has 0 fully saturated rings. The maximum atomic E-state index is 12.7. The number of aryl methyl sites for hydroxylation is 3. The number of hydrogen-bond acceptors (Lipinski definition) is 4. The van der Waals surface area contributed by atoms with Crippen molar-refractivity contribution in [1.29, 1.82) is 10.5 Å². The van der Waals surface area contributed by atoms with Crippen molar-refractivity contribution < 1.29 is 9.59 Å². The minimum absolute atomic E-state index is 0.0291. The number of nitrogens with zero attached hydrogens (tertiary/aromatic N) is 2. The van der Waals surface area contributed by atoms with Gasteiger partial charge in [-0.15, -0.1) is 0 Å². The predicted octanol–water partition coefficient (Wildman–Crippen LogP) is 9.45. The highest BCUT2D eigenvalue weighted by atomic mass is 16.1. The van der Waals surface area contributed by atoms with Crippen LogP contribution in [0, 0.1) is 54.3 Å². The Bertz CT molecular complexity index is 1650. The third kappa shape index (κ3) is 6.60. The predicted molar refractivity (Wildman–Crippen MR) is 176 cm³/mol. The Morgan fingerprint density at radius 2 is 1.05 bits per heavy atom. The highest BCUT2D eigenvalue weighted by Crippen LogP contribution is 2.49. The van der Waals surface area contributed by atoms with E-state index in [9.17, 15) is 20.1 Å². The molecule has 0 heterocycles. The summed E-state index contributed by atoms with van der Waals surface area (Å²) >= 11 is 0. The first-order valence-electron chi connectivity index (χ1n) is 15.2. The van der Waals surface area contributed by atoms with Gasteiger partial charge in [-0.25, -0.2) is 0 Å². The second kappa shape index (κ2) is 11.4. The van der Waals surface area contributed by atoms with Crippen LogP contribution in [0.25, 0.3) is 11.1 Å². The van der Waals surface area contributed by atoms with Crippen LogP contribution in [0.15, 0.2) is 41.5 Å². The van der Waals surface area contributed by atoms with Crippen LogP contribution >= 0.6 is 0 Å². The van der Waals surface area contributed by atoms with Crippen LogP contribution in [-0.4, -0.2) is 11.6 Å². The van der Waals surface area contributed by atoms with Crippen molar-refractivity contribution in [2.24, 2.45) is 10.8 Å². The van der Waals surface area contributed by atoms with E-state index in [0.29, 0.717) is 11.1 Å². The van der Waals surface area contributed by atoms with Gasteiger partial charge in [-0.05, 0) is 89.0 Å². The number of fused-ring (bicyclic) bond motifs is 2. The molecule has 4 nitrogen and oxygen atoms in total. The van der Waals surface area contributed by atoms with Crippen LogP contribution in [0.4, 0.5) is 0 Å². The lowest BCUT2D eigenvalue weighted by atomic mass is 9.83. The molecular weight excluding hydrogens is 528 g/mol. The summed E-state index contributed by atoms with van der Waals surface area (Å²) in [6, 6.07) is 15.1. The molecule has 2 aromatic rings. The molecule has 2 aliphatic rings. The van der Waals surface area contributed by atoms with Crippen molar-refractivity contribution in [3.8, 4) is 12.1 Å². The molecule has 0 saturated carbocycles. The van der Waals surface area contributed by atoms with Gasteiger partial charge >= 0.3 is 0 Å². The van der Waals surface area contributed by atoms with E-state index in [4.69, 9.17) is 0 Å². The molecule has 2 aromatic carbocycles. The Balaban J connectivity index is 0.000000236. The third-order valence-corrected chi connectivity index (χ3v) is 8.80. The first-order valence-corrected chi connectivity index (χ1v) is 15.2. The van der Waals surface area contributed by atoms with Gasteiger partial charge in [0.1, 0.15) is 12.1 Å². The third-order valence-electron chi connectivity index (χ3n) is 8.80. The Morgan fingerprint density at radius 1 is 0.651 bits per heavy atom. The second-order valence-corrected chi connectivity index (χ2v) is 15.7. The van der Waals surface area contributed by atoms with Crippen molar-refractivity contribution in [1.82, 2.24) is 0 Å². The number of rotatable bonds is 2. The molecule has 4 heteroatoms. The number of benzene rings is 2. The van der Waals surface area contributed by atoms with Crippen molar-refractivity contribution in [3.05, 3.63) is 80.4 Å². The average molecular weight is 577 g/mol. The van der Waals surface area contributed by atoms with Gasteiger partial charge < -0.3 is 0 Å². The maximum Gasteiger partial charge on any atom is 0.178 e. The molecule has 0 saturated heterocycles. The molecule has 0 bridgehead atoms. The molecule has 2 aliphatic carbocycles. The molecule has 4 rings (SSSR count). The van der Waals surface area contributed by atoms with Crippen LogP contribution in [0.1, 0.15) is 121 Å². The molecule has 0 N–H and O–H groups in total. The molecule has 226 valence electrons. The van der Waals surface area contributed by atoms with Crippen LogP contribution in [0.5, 0.6) is 0 Å². The highest BCUT2D eigenvalue weighted by Gasteiger charge is 2.39. The van der Waals surface area contributed by atoms with Gasteiger partial charge in [0, 0.05) is 10.8 Å². The van der Waals surface area contributed by atoms with Crippen molar-refractivity contribution in [3.63, 3.8) is 0 Å². The van der Waals surface area contributed by atoms with Crippen LogP contribution in [-0.2, 0) is 20.4 Å². The molecule has 0 atom stereocenters. The van der Waals surface area contributed by atoms with E-state index >= 15 is 0 Å². The zero-order valence-corrected chi connectivity index (χ0v) is 28.5. The highest BCUT2D eigenvalue weighted by molar-refractivity contribution is 6.10. The van der Waals surface area contributed by atoms with Gasteiger partial charge in [-0.3, -0.25) is 9.59 Å². The lowest BCUT2D eigenvalue weighted by molar-refractivity contribution is -0.122. The van der Waals surface area contributed by atoms with Crippen LogP contribution in [0.3, 0.4) is 0 Å². The number of carbonyl (C=O) groups excluding carboxylic acids is 2. The van der Waals surface area contributed by atoms with Gasteiger partial charge in [-0.2, -0.15) is 10.5 Å². The Hall–Kier alpha value is -3.76. The lowest BCUT2D eigenvalue weighted by Crippen LogP contribution is -2.22. The summed E-state index contributed by atoms with van der Waals surface area (Å²) in [4.78, 5) is 25.3. The summed E-state index contributed by atoms with van der Waals surface area (Å²) in [6.07, 6.45) is 1.49. The Labute approximate surface area is 259 Å². The normalized spacial score (nSPS) is 18.8. The summed E-state index contributed by atoms with van der Waals surface area (Å²) in [5.41, 5.74) is 9.64. The summed E-state index contributed by atoms with van der Waals surface area (Å²) in [6.45, 7) is 26.1. The van der Waals surface area contributed by atoms with Crippen molar-refractivity contribution in [2.45, 2.75) is 114 Å². The first kappa shape index (κ1) is 33.7. The minimum Gasteiger partial charge on any atom is -0.293 e. The maximum absolute atomic E-state index is 12.7. The lowest BCUT2D eigenvalue weighted by Gasteiger charge is -2.19. The van der Waals surface area contributed by atoms with Crippen LogP contribution in [0.2, 0.25) is 0 Å². The number of carbonyl (C=O) groups is 2. The number of allylic oxidation sites excluding steroid dienone is 4. The fourth-order valence-corrected chi connectivity index (χ4v) is 6.10. The monoisotopic (exact) mass is 576 g/mol. The second-order valence-electron chi connectivity index (χ2n) is 15.7. The van der Waals surface area contributed by atoms with Gasteiger partial charge in [-0.1, -0.05) is 105 Å². The topological polar surface area (TPSA) is 81.7 Å². The van der Waals surface area contributed by atoms with Gasteiger partial charge in [0.25, 0.3) is 0 Å². The average Bonchev–Trinajstić information content (AvgIpc) is 3.28. The van der Waals surface area contributed by atoms with E-state index in [-0.39, 0.29) is 22.4 Å². The quantitative estimate of drug-likeness (QED) is 0.263. The summed E-state index contributed by atoms with van der Waals surface area (Å²) in [5, 5.41) is 19.2. The minimum atomic E-state index is -0.537. The number of ketones is 2. The summed E-state index contributed by atoms with van der Waals surface area (Å²) in [7, 11) is 0. The van der Waals surface area contributed by atoms with E-state index < -0.39 is 10.8 Å². The molecule has 0 amide bonds. The number of nitriles is 2. The molecule has 0 unspecified atom stereocenters. The van der Waals surface area contributed by atoms with Gasteiger partial charge in [0.2, 0.25) is 0 Å². The smallest absolute Gasteiger partial charge is 0.178 e. The van der Waals surface area contributed by atoms with Crippen molar-refractivity contribution in [2.75, 3.05) is 0 Å². The molecule has 43 heavy (non-hydrogen) atoms. The van der Waals surface area contributed by atoms with E-state index in [1.165, 1.54) is 22.3 Å². The standard InChI is InChI=1S/C20H25NO.C19H23NO/c1-12-8-14-15(16(11-21)18(22)19(3,4)5)10-20(6,7)17(14)9-13(12)2;1-12-7-8-16-13(9-12)14(10-19(16,5)6)15(11-20)17(21)18(2,3)4/h8-9H,10H2,1-7H3;7-9H,10H2,1-6H3. The van der Waals surface area contributed by atoms with Crippen LogP contribution < -0.4 is 0 Å². The summed E-state index contributed by atoms with van der Waals surface area (Å²) in [5.74, 6) is -0.128. The van der Waals surface area contributed by atoms with E-state index in [2.05, 4.69) is 84.0 Å². The molecule has 0 spiro atoms. The largest absolute Gasteiger partial charge is 0.293 e. The Kier molecular flexibility index (Phi) is 8.94. The number of hydrogen-bond donors (Lipinski definition) is 0. The number of Topliss-reactive ketones (excluding diaryl/α,β-unsaturated/α-hetero) is 2. The van der Waals surface area contributed by atoms with Crippen molar-refractivity contribution >= 4 is 22.7 Å². The zero-order valence-electron chi connectivity index (χ0n) is 28.5. The van der Waals surface area contributed by atoms with Gasteiger partial charge in [0.05, 0.1) is 11.1 Å². The molecular formula is C39H48N2O2. The van der Waals surface area contributed by atoms with E-state index in [1.54, 1.807) is 0 Å². The molecule has 0 aliphatic heterocycles. The molecule has 0 radical (unpaired) electrons. The fourth-order valence-electron chi connectivity index (χ4n) is 6.10.